The summed E-state index contributed by atoms with van der Waals surface area (Å²) in [7, 11) is 0. The first-order chi connectivity index (χ1) is 12.9. The third-order valence-corrected chi connectivity index (χ3v) is 6.04. The number of hydrogen-bond donors (Lipinski definition) is 1. The average Bonchev–Trinajstić information content (AvgIpc) is 2.62. The van der Waals surface area contributed by atoms with Crippen molar-refractivity contribution in [1.29, 1.82) is 0 Å². The molecule has 1 heterocycles. The number of hydrogen-bond acceptors (Lipinski definition) is 3. The molecule has 140 valence electrons. The summed E-state index contributed by atoms with van der Waals surface area (Å²) in [5, 5.41) is 4.97. The number of pyridine rings is 1. The van der Waals surface area contributed by atoms with Gasteiger partial charge in [-0.15, -0.1) is 0 Å². The van der Waals surface area contributed by atoms with Gasteiger partial charge in [-0.25, -0.2) is 4.98 Å². The summed E-state index contributed by atoms with van der Waals surface area (Å²) in [5.41, 5.74) is 6.58. The number of rotatable bonds is 5. The lowest BCUT2D eigenvalue weighted by Gasteiger charge is -2.16. The number of benzene rings is 2. The van der Waals surface area contributed by atoms with Gasteiger partial charge in [0.05, 0.1) is 15.8 Å². The zero-order chi connectivity index (χ0) is 19.6. The second kappa shape index (κ2) is 8.13. The van der Waals surface area contributed by atoms with Crippen molar-refractivity contribution >= 4 is 34.3 Å². The smallest absolute Gasteiger partial charge is 0.237 e. The fraction of sp³-hybridized carbons (Fsp3) is 0.304. The fourth-order valence-electron chi connectivity index (χ4n) is 3.27. The van der Waals surface area contributed by atoms with E-state index in [2.05, 4.69) is 44.3 Å². The van der Waals surface area contributed by atoms with Crippen LogP contribution in [0.5, 0.6) is 0 Å². The van der Waals surface area contributed by atoms with Gasteiger partial charge in [-0.1, -0.05) is 48.5 Å². The summed E-state index contributed by atoms with van der Waals surface area (Å²) in [4.78, 5) is 17.7. The highest BCUT2D eigenvalue weighted by Gasteiger charge is 2.20. The number of nitrogens with one attached hydrogen (secondary N) is 1. The van der Waals surface area contributed by atoms with E-state index in [-0.39, 0.29) is 11.2 Å². The van der Waals surface area contributed by atoms with Gasteiger partial charge >= 0.3 is 0 Å². The molecule has 4 heteroatoms. The molecule has 0 bridgehead atoms. The van der Waals surface area contributed by atoms with E-state index < -0.39 is 0 Å². The van der Waals surface area contributed by atoms with Gasteiger partial charge in [-0.2, -0.15) is 0 Å². The van der Waals surface area contributed by atoms with Gasteiger partial charge in [0, 0.05) is 11.1 Å². The van der Waals surface area contributed by atoms with Crippen LogP contribution in [0.1, 0.15) is 35.6 Å². The van der Waals surface area contributed by atoms with Gasteiger partial charge in [0.2, 0.25) is 5.91 Å². The van der Waals surface area contributed by atoms with E-state index in [4.69, 9.17) is 4.98 Å². The van der Waals surface area contributed by atoms with Crippen molar-refractivity contribution in [2.45, 2.75) is 51.3 Å². The first-order valence-electron chi connectivity index (χ1n) is 9.30. The number of para-hydroxylation sites is 1. The van der Waals surface area contributed by atoms with Crippen molar-refractivity contribution in [3.05, 3.63) is 64.7 Å². The van der Waals surface area contributed by atoms with Gasteiger partial charge in [0.25, 0.3) is 0 Å². The van der Waals surface area contributed by atoms with Crippen LogP contribution in [-0.4, -0.2) is 16.1 Å². The summed E-state index contributed by atoms with van der Waals surface area (Å²) in [6.07, 6.45) is 0.744. The third kappa shape index (κ3) is 4.33. The van der Waals surface area contributed by atoms with Crippen LogP contribution in [0.15, 0.2) is 47.5 Å². The van der Waals surface area contributed by atoms with Crippen LogP contribution in [0, 0.1) is 27.7 Å². The fourth-order valence-corrected chi connectivity index (χ4v) is 4.28. The minimum Gasteiger partial charge on any atom is -0.325 e. The normalized spacial score (nSPS) is 12.2. The quantitative estimate of drug-likeness (QED) is 0.556. The lowest BCUT2D eigenvalue weighted by atomic mass is 10.0. The predicted molar refractivity (Wildman–Crippen MR) is 116 cm³/mol. The van der Waals surface area contributed by atoms with Crippen molar-refractivity contribution < 1.29 is 4.79 Å². The van der Waals surface area contributed by atoms with Crippen molar-refractivity contribution in [3.63, 3.8) is 0 Å². The molecule has 1 amide bonds. The van der Waals surface area contributed by atoms with E-state index in [1.165, 1.54) is 22.1 Å². The molecule has 1 unspecified atom stereocenters. The van der Waals surface area contributed by atoms with Crippen molar-refractivity contribution in [2.75, 3.05) is 5.32 Å². The highest BCUT2D eigenvalue weighted by Crippen LogP contribution is 2.30. The molecule has 0 saturated heterocycles. The van der Waals surface area contributed by atoms with Gasteiger partial charge in [-0.3, -0.25) is 4.79 Å². The lowest BCUT2D eigenvalue weighted by Crippen LogP contribution is -2.25. The average molecular weight is 379 g/mol. The van der Waals surface area contributed by atoms with E-state index in [1.807, 2.05) is 38.1 Å². The third-order valence-electron chi connectivity index (χ3n) is 4.76. The van der Waals surface area contributed by atoms with Crippen LogP contribution in [0.4, 0.5) is 5.69 Å². The Morgan fingerprint density at radius 3 is 2.48 bits per heavy atom. The molecule has 0 radical (unpaired) electrons. The summed E-state index contributed by atoms with van der Waals surface area (Å²) in [6.45, 7) is 10.4. The van der Waals surface area contributed by atoms with Gasteiger partial charge in [0.15, 0.2) is 0 Å². The highest BCUT2D eigenvalue weighted by molar-refractivity contribution is 8.00. The Bertz CT molecular complexity index is 997. The Kier molecular flexibility index (Phi) is 5.85. The molecule has 0 aliphatic carbocycles. The maximum absolute atomic E-state index is 12.8. The summed E-state index contributed by atoms with van der Waals surface area (Å²) < 4.78 is 0. The molecule has 0 fully saturated rings. The molecular formula is C23H26N2OS. The molecule has 0 saturated carbocycles. The minimum atomic E-state index is -0.181. The molecule has 0 spiro atoms. The first-order valence-corrected chi connectivity index (χ1v) is 10.2. The maximum Gasteiger partial charge on any atom is 0.237 e. The minimum absolute atomic E-state index is 0.0250. The molecule has 0 aliphatic rings. The number of aryl methyl sites for hydroxylation is 4. The molecule has 1 N–H and O–H groups in total. The van der Waals surface area contributed by atoms with E-state index in [1.54, 1.807) is 11.8 Å². The molecular weight excluding hydrogens is 352 g/mol. The highest BCUT2D eigenvalue weighted by atomic mass is 32.2. The molecule has 1 atom stereocenters. The number of anilines is 1. The number of amides is 1. The first kappa shape index (κ1) is 19.4. The van der Waals surface area contributed by atoms with Crippen LogP contribution in [0.3, 0.4) is 0 Å². The van der Waals surface area contributed by atoms with Crippen LogP contribution >= 0.6 is 11.8 Å². The Balaban J connectivity index is 1.86. The SMILES string of the molecule is CCC(Sc1cc(C)c2cc(C)cc(C)c2n1)C(=O)Nc1ccccc1C. The zero-order valence-corrected chi connectivity index (χ0v) is 17.4. The predicted octanol–water partition coefficient (Wildman–Crippen LogP) is 5.98. The van der Waals surface area contributed by atoms with Crippen LogP contribution in [0.2, 0.25) is 0 Å². The molecule has 3 aromatic rings. The Labute approximate surface area is 165 Å². The summed E-state index contributed by atoms with van der Waals surface area (Å²) in [5.74, 6) is 0.0250. The van der Waals surface area contributed by atoms with Crippen molar-refractivity contribution in [1.82, 2.24) is 4.98 Å². The topological polar surface area (TPSA) is 42.0 Å². The summed E-state index contributed by atoms with van der Waals surface area (Å²) in [6, 6.07) is 14.3. The molecule has 2 aromatic carbocycles. The molecule has 1 aromatic heterocycles. The number of thioether (sulfide) groups is 1. The van der Waals surface area contributed by atoms with Crippen molar-refractivity contribution in [3.8, 4) is 0 Å². The van der Waals surface area contributed by atoms with Crippen LogP contribution < -0.4 is 5.32 Å². The number of carbonyl (C=O) groups excluding carboxylic acids is 1. The number of carbonyl (C=O) groups is 1. The van der Waals surface area contributed by atoms with Crippen molar-refractivity contribution in [2.24, 2.45) is 0 Å². The molecule has 3 nitrogen and oxygen atoms in total. The van der Waals surface area contributed by atoms with Gasteiger partial charge in [-0.05, 0) is 69.0 Å². The largest absolute Gasteiger partial charge is 0.325 e. The van der Waals surface area contributed by atoms with Gasteiger partial charge < -0.3 is 5.32 Å². The van der Waals surface area contributed by atoms with E-state index in [0.29, 0.717) is 0 Å². The van der Waals surface area contributed by atoms with E-state index in [9.17, 15) is 4.79 Å². The molecule has 3 rings (SSSR count). The maximum atomic E-state index is 12.8. The van der Waals surface area contributed by atoms with Crippen LogP contribution in [0.25, 0.3) is 10.9 Å². The second-order valence-electron chi connectivity index (χ2n) is 7.07. The number of aromatic nitrogens is 1. The molecule has 0 aliphatic heterocycles. The van der Waals surface area contributed by atoms with Crippen LogP contribution in [-0.2, 0) is 4.79 Å². The standard InChI is InChI=1S/C23H26N2OS/c1-6-20(23(26)24-19-10-8-7-9-15(19)3)27-21-13-16(4)18-12-14(2)11-17(5)22(18)25-21/h7-13,20H,6H2,1-5H3,(H,24,26). The number of fused-ring (bicyclic) bond motifs is 1. The number of nitrogens with zero attached hydrogens (tertiary/aromatic N) is 1. The Morgan fingerprint density at radius 1 is 1.04 bits per heavy atom. The Hall–Kier alpha value is -2.33. The second-order valence-corrected chi connectivity index (χ2v) is 8.30. The lowest BCUT2D eigenvalue weighted by molar-refractivity contribution is -0.115. The summed E-state index contributed by atoms with van der Waals surface area (Å²) >= 11 is 1.54. The van der Waals surface area contributed by atoms with E-state index >= 15 is 0 Å². The Morgan fingerprint density at radius 2 is 1.78 bits per heavy atom. The zero-order valence-electron chi connectivity index (χ0n) is 16.6. The van der Waals surface area contributed by atoms with E-state index in [0.717, 1.165) is 28.2 Å². The van der Waals surface area contributed by atoms with Gasteiger partial charge in [0.1, 0.15) is 0 Å². The monoisotopic (exact) mass is 378 g/mol. The molecule has 27 heavy (non-hydrogen) atoms.